The molecule has 0 amide bonds. The summed E-state index contributed by atoms with van der Waals surface area (Å²) in [6.07, 6.45) is 3.90. The first-order chi connectivity index (χ1) is 13.6. The molecule has 0 unspecified atom stereocenters. The van der Waals surface area contributed by atoms with Gasteiger partial charge in [0.25, 0.3) is 0 Å². The summed E-state index contributed by atoms with van der Waals surface area (Å²) in [7, 11) is 0. The quantitative estimate of drug-likeness (QED) is 0.480. The van der Waals surface area contributed by atoms with Gasteiger partial charge in [0.05, 0.1) is 11.9 Å². The predicted octanol–water partition coefficient (Wildman–Crippen LogP) is 4.30. The van der Waals surface area contributed by atoms with E-state index >= 15 is 0 Å². The van der Waals surface area contributed by atoms with Crippen LogP contribution in [0.2, 0.25) is 0 Å². The van der Waals surface area contributed by atoms with Crippen molar-refractivity contribution in [1.29, 1.82) is 0 Å². The van der Waals surface area contributed by atoms with Gasteiger partial charge in [-0.3, -0.25) is 0 Å². The molecular formula is C20H16BrFN6. The van der Waals surface area contributed by atoms with Crippen LogP contribution in [0.3, 0.4) is 0 Å². The van der Waals surface area contributed by atoms with Gasteiger partial charge in [0, 0.05) is 17.3 Å². The molecule has 6 nitrogen and oxygen atoms in total. The molecule has 3 aromatic heterocycles. The van der Waals surface area contributed by atoms with E-state index in [1.165, 1.54) is 6.07 Å². The highest BCUT2D eigenvalue weighted by molar-refractivity contribution is 9.10. The monoisotopic (exact) mass is 438 g/mol. The average molecular weight is 439 g/mol. The van der Waals surface area contributed by atoms with Crippen molar-refractivity contribution >= 4 is 32.8 Å². The topological polar surface area (TPSA) is 82.5 Å². The van der Waals surface area contributed by atoms with E-state index in [0.717, 1.165) is 23.8 Å². The number of nitrogen functional groups attached to an aromatic ring is 1. The van der Waals surface area contributed by atoms with E-state index in [4.69, 9.17) is 5.73 Å². The third-order valence-electron chi connectivity index (χ3n) is 4.91. The van der Waals surface area contributed by atoms with Crippen molar-refractivity contribution in [2.24, 2.45) is 0 Å². The third-order valence-corrected chi connectivity index (χ3v) is 5.52. The van der Waals surface area contributed by atoms with Gasteiger partial charge in [-0.25, -0.2) is 24.0 Å². The molecule has 140 valence electrons. The lowest BCUT2D eigenvalue weighted by Gasteiger charge is -2.07. The van der Waals surface area contributed by atoms with Gasteiger partial charge in [0.15, 0.2) is 11.5 Å². The number of nitrogens with zero attached hydrogens (tertiary/aromatic N) is 5. The molecule has 1 fully saturated rings. The summed E-state index contributed by atoms with van der Waals surface area (Å²) in [5, 5.41) is 5.45. The van der Waals surface area contributed by atoms with E-state index in [-0.39, 0.29) is 12.4 Å². The number of halogens is 2. The van der Waals surface area contributed by atoms with Gasteiger partial charge in [0.2, 0.25) is 0 Å². The fourth-order valence-corrected chi connectivity index (χ4v) is 4.08. The average Bonchev–Trinajstić information content (AvgIpc) is 3.45. The number of fused-ring (bicyclic) bond motifs is 1. The summed E-state index contributed by atoms with van der Waals surface area (Å²) >= 11 is 3.54. The zero-order valence-corrected chi connectivity index (χ0v) is 16.4. The predicted molar refractivity (Wildman–Crippen MR) is 108 cm³/mol. The number of hydrogen-bond donors (Lipinski definition) is 1. The molecule has 4 aromatic rings. The second kappa shape index (κ2) is 6.63. The molecule has 5 rings (SSSR count). The highest BCUT2D eigenvalue weighted by atomic mass is 79.9. The van der Waals surface area contributed by atoms with Gasteiger partial charge in [-0.05, 0) is 52.9 Å². The molecule has 28 heavy (non-hydrogen) atoms. The van der Waals surface area contributed by atoms with Crippen LogP contribution >= 0.6 is 15.9 Å². The summed E-state index contributed by atoms with van der Waals surface area (Å²) in [6.45, 7) is 0.261. The van der Waals surface area contributed by atoms with Crippen molar-refractivity contribution in [3.05, 3.63) is 64.1 Å². The lowest BCUT2D eigenvalue weighted by molar-refractivity contribution is 0.589. The minimum Gasteiger partial charge on any atom is -0.383 e. The van der Waals surface area contributed by atoms with Crippen molar-refractivity contribution in [3.63, 3.8) is 0 Å². The Kier molecular flexibility index (Phi) is 4.08. The molecule has 0 spiro atoms. The summed E-state index contributed by atoms with van der Waals surface area (Å²) in [4.78, 5) is 13.5. The lowest BCUT2D eigenvalue weighted by atomic mass is 10.2. The van der Waals surface area contributed by atoms with E-state index in [1.54, 1.807) is 29.1 Å². The van der Waals surface area contributed by atoms with Crippen molar-refractivity contribution in [2.75, 3.05) is 5.73 Å². The number of hydrogen-bond acceptors (Lipinski definition) is 5. The summed E-state index contributed by atoms with van der Waals surface area (Å²) in [5.41, 5.74) is 8.94. The van der Waals surface area contributed by atoms with Gasteiger partial charge in [0.1, 0.15) is 21.9 Å². The zero-order valence-electron chi connectivity index (χ0n) is 14.8. The Morgan fingerprint density at radius 2 is 1.96 bits per heavy atom. The van der Waals surface area contributed by atoms with Gasteiger partial charge >= 0.3 is 0 Å². The Hall–Kier alpha value is -2.87. The third kappa shape index (κ3) is 2.93. The van der Waals surface area contributed by atoms with Crippen LogP contribution in [0.5, 0.6) is 0 Å². The Morgan fingerprint density at radius 1 is 1.14 bits per heavy atom. The maximum atomic E-state index is 14.1. The van der Waals surface area contributed by atoms with Crippen molar-refractivity contribution in [1.82, 2.24) is 24.7 Å². The van der Waals surface area contributed by atoms with Crippen LogP contribution in [0.1, 0.15) is 29.9 Å². The van der Waals surface area contributed by atoms with Crippen LogP contribution in [0.25, 0.3) is 22.6 Å². The van der Waals surface area contributed by atoms with E-state index in [2.05, 4.69) is 36.0 Å². The fourth-order valence-electron chi connectivity index (χ4n) is 3.39. The summed E-state index contributed by atoms with van der Waals surface area (Å²) < 4.78 is 16.5. The standard InChI is InChI=1S/C20H16BrFN6/c21-17-15(11-7-8-11)18(23)26-19(25-17)16-13-5-3-9-24-20(13)28(27-16)10-12-4-1-2-6-14(12)22/h1-6,9,11H,7-8,10H2,(H2,23,25,26). The molecule has 2 N–H and O–H groups in total. The van der Waals surface area contributed by atoms with Crippen LogP contribution < -0.4 is 5.73 Å². The lowest BCUT2D eigenvalue weighted by Crippen LogP contribution is -2.05. The first kappa shape index (κ1) is 17.2. The zero-order chi connectivity index (χ0) is 19.3. The highest BCUT2D eigenvalue weighted by Gasteiger charge is 2.30. The number of aromatic nitrogens is 5. The molecule has 1 aliphatic rings. The molecule has 1 aliphatic carbocycles. The molecule has 8 heteroatoms. The van der Waals surface area contributed by atoms with E-state index < -0.39 is 0 Å². The Morgan fingerprint density at radius 3 is 2.71 bits per heavy atom. The minimum absolute atomic E-state index is 0.261. The van der Waals surface area contributed by atoms with E-state index in [1.807, 2.05) is 12.1 Å². The van der Waals surface area contributed by atoms with E-state index in [0.29, 0.717) is 39.1 Å². The maximum absolute atomic E-state index is 14.1. The number of pyridine rings is 1. The van der Waals surface area contributed by atoms with Gasteiger partial charge in [-0.15, -0.1) is 0 Å². The number of rotatable bonds is 4. The SMILES string of the molecule is Nc1nc(-c2nn(Cc3ccccc3F)c3ncccc23)nc(Br)c1C1CC1. The minimum atomic E-state index is -0.277. The molecule has 0 aliphatic heterocycles. The molecule has 0 atom stereocenters. The van der Waals surface area contributed by atoms with Crippen molar-refractivity contribution in [2.45, 2.75) is 25.3 Å². The first-order valence-electron chi connectivity index (χ1n) is 9.00. The number of nitrogens with two attached hydrogens (primary N) is 1. The van der Waals surface area contributed by atoms with Gasteiger partial charge in [-0.1, -0.05) is 18.2 Å². The van der Waals surface area contributed by atoms with Crippen LogP contribution in [0, 0.1) is 5.82 Å². The number of benzene rings is 1. The molecule has 0 bridgehead atoms. The normalized spacial score (nSPS) is 13.9. The van der Waals surface area contributed by atoms with Crippen LogP contribution in [-0.4, -0.2) is 24.7 Å². The molecule has 1 aromatic carbocycles. The largest absolute Gasteiger partial charge is 0.383 e. The van der Waals surface area contributed by atoms with Gasteiger partial charge in [-0.2, -0.15) is 5.10 Å². The Balaban J connectivity index is 1.64. The molecule has 0 saturated heterocycles. The summed E-state index contributed by atoms with van der Waals surface area (Å²) in [6, 6.07) is 10.4. The smallest absolute Gasteiger partial charge is 0.183 e. The second-order valence-corrected chi connectivity index (χ2v) is 7.63. The molecule has 0 radical (unpaired) electrons. The Bertz CT molecular complexity index is 1180. The van der Waals surface area contributed by atoms with Crippen LogP contribution in [0.4, 0.5) is 10.2 Å². The van der Waals surface area contributed by atoms with Crippen LogP contribution in [-0.2, 0) is 6.54 Å². The molecule has 1 saturated carbocycles. The van der Waals surface area contributed by atoms with Crippen molar-refractivity contribution < 1.29 is 4.39 Å². The summed E-state index contributed by atoms with van der Waals surface area (Å²) in [5.74, 6) is 1.06. The van der Waals surface area contributed by atoms with Crippen LogP contribution in [0.15, 0.2) is 47.2 Å². The molecule has 3 heterocycles. The number of anilines is 1. The second-order valence-electron chi connectivity index (χ2n) is 6.88. The van der Waals surface area contributed by atoms with E-state index in [9.17, 15) is 4.39 Å². The Labute approximate surface area is 168 Å². The van der Waals surface area contributed by atoms with Crippen molar-refractivity contribution in [3.8, 4) is 11.5 Å². The fraction of sp³-hybridized carbons (Fsp3) is 0.200. The highest BCUT2D eigenvalue weighted by Crippen LogP contribution is 2.45. The first-order valence-corrected chi connectivity index (χ1v) is 9.79. The van der Waals surface area contributed by atoms with Gasteiger partial charge < -0.3 is 5.73 Å². The maximum Gasteiger partial charge on any atom is 0.183 e. The molecular weight excluding hydrogens is 423 g/mol.